The molecule has 0 aromatic carbocycles. The summed E-state index contributed by atoms with van der Waals surface area (Å²) in [6, 6.07) is 4.01. The van der Waals surface area contributed by atoms with Crippen LogP contribution in [0.15, 0.2) is 18.3 Å². The van der Waals surface area contributed by atoms with Crippen LogP contribution in [0.4, 0.5) is 0 Å². The number of hydrogen-bond acceptors (Lipinski definition) is 4. The van der Waals surface area contributed by atoms with Gasteiger partial charge in [0.2, 0.25) is 0 Å². The summed E-state index contributed by atoms with van der Waals surface area (Å²) in [6.45, 7) is 8.72. The van der Waals surface area contributed by atoms with E-state index in [0.29, 0.717) is 5.54 Å². The minimum atomic E-state index is 0.292. The second-order valence-corrected chi connectivity index (χ2v) is 4.84. The molecule has 4 nitrogen and oxygen atoms in total. The zero-order valence-electron chi connectivity index (χ0n) is 10.8. The van der Waals surface area contributed by atoms with Crippen LogP contribution in [0.3, 0.4) is 0 Å². The molecule has 1 aliphatic rings. The van der Waals surface area contributed by atoms with Crippen molar-refractivity contribution in [1.29, 1.82) is 0 Å². The van der Waals surface area contributed by atoms with E-state index in [9.17, 15) is 0 Å². The minimum Gasteiger partial charge on any atom is -0.309 e. The molecular weight excluding hydrogens is 212 g/mol. The Morgan fingerprint density at radius 3 is 2.88 bits per heavy atom. The first kappa shape index (κ1) is 12.5. The minimum absolute atomic E-state index is 0.292. The maximum atomic E-state index is 4.16. The van der Waals surface area contributed by atoms with Crippen LogP contribution < -0.4 is 5.32 Å². The third kappa shape index (κ3) is 3.01. The van der Waals surface area contributed by atoms with Crippen LogP contribution >= 0.6 is 0 Å². The number of nitrogens with one attached hydrogen (secondary N) is 1. The summed E-state index contributed by atoms with van der Waals surface area (Å²) in [7, 11) is 0. The molecule has 2 rings (SSSR count). The molecule has 2 heterocycles. The molecule has 1 saturated heterocycles. The van der Waals surface area contributed by atoms with E-state index in [2.05, 4.69) is 40.3 Å². The molecule has 0 spiro atoms. The second kappa shape index (κ2) is 5.56. The Morgan fingerprint density at radius 2 is 2.24 bits per heavy atom. The van der Waals surface area contributed by atoms with Crippen molar-refractivity contribution in [3.63, 3.8) is 0 Å². The summed E-state index contributed by atoms with van der Waals surface area (Å²) in [4.78, 5) is 2.48. The van der Waals surface area contributed by atoms with Crippen LogP contribution in [0.5, 0.6) is 0 Å². The molecule has 1 aromatic rings. The second-order valence-electron chi connectivity index (χ2n) is 4.84. The molecule has 0 amide bonds. The van der Waals surface area contributed by atoms with Crippen LogP contribution in [-0.4, -0.2) is 40.3 Å². The smallest absolute Gasteiger partial charge is 0.0771 e. The quantitative estimate of drug-likeness (QED) is 0.856. The van der Waals surface area contributed by atoms with Gasteiger partial charge in [0.05, 0.1) is 5.69 Å². The average molecular weight is 234 g/mol. The molecule has 1 aromatic heterocycles. The molecule has 0 saturated carbocycles. The van der Waals surface area contributed by atoms with E-state index in [4.69, 9.17) is 0 Å². The summed E-state index contributed by atoms with van der Waals surface area (Å²) in [5.41, 5.74) is 1.36. The Morgan fingerprint density at radius 1 is 1.41 bits per heavy atom. The number of rotatable bonds is 4. The molecule has 17 heavy (non-hydrogen) atoms. The predicted molar refractivity (Wildman–Crippen MR) is 68.6 cm³/mol. The van der Waals surface area contributed by atoms with Crippen molar-refractivity contribution in [3.05, 3.63) is 24.0 Å². The molecule has 0 atom stereocenters. The van der Waals surface area contributed by atoms with Gasteiger partial charge in [-0.05, 0) is 25.0 Å². The monoisotopic (exact) mass is 234 g/mol. The number of piperazine rings is 1. The largest absolute Gasteiger partial charge is 0.309 e. The maximum Gasteiger partial charge on any atom is 0.0771 e. The molecule has 1 aliphatic heterocycles. The van der Waals surface area contributed by atoms with Gasteiger partial charge in [0.25, 0.3) is 0 Å². The van der Waals surface area contributed by atoms with Crippen LogP contribution in [-0.2, 0) is 6.54 Å². The highest BCUT2D eigenvalue weighted by Crippen LogP contribution is 2.20. The summed E-state index contributed by atoms with van der Waals surface area (Å²) in [6.07, 6.45) is 4.09. The molecule has 0 unspecified atom stereocenters. The number of nitrogens with zero attached hydrogens (tertiary/aromatic N) is 3. The molecule has 1 N–H and O–H groups in total. The Balaban J connectivity index is 1.98. The van der Waals surface area contributed by atoms with E-state index >= 15 is 0 Å². The molecule has 0 aliphatic carbocycles. The first-order valence-corrected chi connectivity index (χ1v) is 6.52. The van der Waals surface area contributed by atoms with E-state index in [1.165, 1.54) is 12.8 Å². The van der Waals surface area contributed by atoms with Crippen molar-refractivity contribution >= 4 is 0 Å². The fourth-order valence-corrected chi connectivity index (χ4v) is 2.55. The van der Waals surface area contributed by atoms with Crippen LogP contribution in [0.2, 0.25) is 0 Å². The highest BCUT2D eigenvalue weighted by Gasteiger charge is 2.31. The SMILES string of the molecule is CCC1(CC)CN(Cc2cccnn2)CCN1. The summed E-state index contributed by atoms with van der Waals surface area (Å²) in [5, 5.41) is 11.8. The molecule has 4 heteroatoms. The van der Waals surface area contributed by atoms with Gasteiger partial charge in [0, 0.05) is 37.9 Å². The standard InChI is InChI=1S/C13H22N4/c1-3-13(4-2)11-17(9-8-14-13)10-12-6-5-7-15-16-12/h5-7,14H,3-4,8-11H2,1-2H3. The topological polar surface area (TPSA) is 41.1 Å². The lowest BCUT2D eigenvalue weighted by Gasteiger charge is -2.43. The lowest BCUT2D eigenvalue weighted by atomic mass is 9.90. The van der Waals surface area contributed by atoms with Crippen molar-refractivity contribution in [3.8, 4) is 0 Å². The van der Waals surface area contributed by atoms with Gasteiger partial charge >= 0.3 is 0 Å². The zero-order chi connectivity index (χ0) is 12.1. The number of aromatic nitrogens is 2. The van der Waals surface area contributed by atoms with Crippen LogP contribution in [0.25, 0.3) is 0 Å². The zero-order valence-corrected chi connectivity index (χ0v) is 10.8. The highest BCUT2D eigenvalue weighted by molar-refractivity contribution is 5.01. The van der Waals surface area contributed by atoms with Crippen molar-refractivity contribution < 1.29 is 0 Å². The Labute approximate surface area is 103 Å². The summed E-state index contributed by atoms with van der Waals surface area (Å²) >= 11 is 0. The molecule has 94 valence electrons. The van der Waals surface area contributed by atoms with Gasteiger partial charge in [-0.1, -0.05) is 13.8 Å². The maximum absolute atomic E-state index is 4.16. The van der Waals surface area contributed by atoms with E-state index in [1.807, 2.05) is 6.07 Å². The highest BCUT2D eigenvalue weighted by atomic mass is 15.2. The van der Waals surface area contributed by atoms with Gasteiger partial charge in [-0.15, -0.1) is 0 Å². The average Bonchev–Trinajstić information content (AvgIpc) is 2.40. The van der Waals surface area contributed by atoms with Crippen molar-refractivity contribution in [2.45, 2.75) is 38.8 Å². The predicted octanol–water partition coefficient (Wildman–Crippen LogP) is 1.44. The van der Waals surface area contributed by atoms with Crippen LogP contribution in [0, 0.1) is 0 Å². The van der Waals surface area contributed by atoms with Crippen molar-refractivity contribution in [1.82, 2.24) is 20.4 Å². The Kier molecular flexibility index (Phi) is 4.07. The lowest BCUT2D eigenvalue weighted by Crippen LogP contribution is -2.59. The summed E-state index contributed by atoms with van der Waals surface area (Å²) < 4.78 is 0. The Hall–Kier alpha value is -1.00. The summed E-state index contributed by atoms with van der Waals surface area (Å²) in [5.74, 6) is 0. The first-order chi connectivity index (χ1) is 8.28. The van der Waals surface area contributed by atoms with Gasteiger partial charge in [0.1, 0.15) is 0 Å². The normalized spacial score (nSPS) is 20.4. The third-order valence-corrected chi connectivity index (χ3v) is 3.82. The fraction of sp³-hybridized carbons (Fsp3) is 0.692. The molecular formula is C13H22N4. The number of hydrogen-bond donors (Lipinski definition) is 1. The fourth-order valence-electron chi connectivity index (χ4n) is 2.55. The molecule has 0 bridgehead atoms. The van der Waals surface area contributed by atoms with Crippen LogP contribution in [0.1, 0.15) is 32.4 Å². The molecule has 1 fully saturated rings. The third-order valence-electron chi connectivity index (χ3n) is 3.82. The molecule has 0 radical (unpaired) electrons. The van der Waals surface area contributed by atoms with Gasteiger partial charge < -0.3 is 5.32 Å². The van der Waals surface area contributed by atoms with Gasteiger partial charge in [-0.25, -0.2) is 0 Å². The van der Waals surface area contributed by atoms with Crippen molar-refractivity contribution in [2.75, 3.05) is 19.6 Å². The van der Waals surface area contributed by atoms with Crippen molar-refractivity contribution in [2.24, 2.45) is 0 Å². The lowest BCUT2D eigenvalue weighted by molar-refractivity contribution is 0.117. The van der Waals surface area contributed by atoms with E-state index in [0.717, 1.165) is 31.9 Å². The first-order valence-electron chi connectivity index (χ1n) is 6.52. The van der Waals surface area contributed by atoms with Gasteiger partial charge in [0.15, 0.2) is 0 Å². The van der Waals surface area contributed by atoms with Gasteiger partial charge in [-0.2, -0.15) is 10.2 Å². The van der Waals surface area contributed by atoms with E-state index < -0.39 is 0 Å². The van der Waals surface area contributed by atoms with E-state index in [1.54, 1.807) is 6.20 Å². The Bertz CT molecular complexity index is 335. The van der Waals surface area contributed by atoms with E-state index in [-0.39, 0.29) is 0 Å². The van der Waals surface area contributed by atoms with Gasteiger partial charge in [-0.3, -0.25) is 4.90 Å².